The molecule has 104 valence electrons. The first kappa shape index (κ1) is 13.9. The van der Waals surface area contributed by atoms with Gasteiger partial charge in [0.05, 0.1) is 7.11 Å². The molecule has 1 aromatic carbocycles. The number of benzene rings is 1. The number of nitrogens with zero attached hydrogens (tertiary/aromatic N) is 1. The van der Waals surface area contributed by atoms with Gasteiger partial charge in [0.2, 0.25) is 0 Å². The highest BCUT2D eigenvalue weighted by Crippen LogP contribution is 2.27. The maximum Gasteiger partial charge on any atom is 0.321 e. The van der Waals surface area contributed by atoms with E-state index >= 15 is 0 Å². The normalized spacial score (nSPS) is 24.1. The SMILES string of the molecule is COc1ccccc1CN1CCCC(C)C1C(=O)O. The number of likely N-dealkylation sites (tertiary alicyclic amines) is 1. The van der Waals surface area contributed by atoms with E-state index in [0.717, 1.165) is 30.7 Å². The summed E-state index contributed by atoms with van der Waals surface area (Å²) in [6, 6.07) is 7.41. The van der Waals surface area contributed by atoms with Crippen molar-refractivity contribution in [3.8, 4) is 5.75 Å². The Morgan fingerprint density at radius 2 is 2.21 bits per heavy atom. The molecule has 2 rings (SSSR count). The maximum atomic E-state index is 11.4. The van der Waals surface area contributed by atoms with Crippen LogP contribution in [-0.2, 0) is 11.3 Å². The highest BCUT2D eigenvalue weighted by molar-refractivity contribution is 5.74. The van der Waals surface area contributed by atoms with Crippen LogP contribution in [0.1, 0.15) is 25.3 Å². The summed E-state index contributed by atoms with van der Waals surface area (Å²) in [5.74, 6) is 0.299. The fourth-order valence-electron chi connectivity index (χ4n) is 2.90. The van der Waals surface area contributed by atoms with Crippen molar-refractivity contribution in [2.75, 3.05) is 13.7 Å². The van der Waals surface area contributed by atoms with E-state index in [2.05, 4.69) is 0 Å². The number of carbonyl (C=O) groups is 1. The van der Waals surface area contributed by atoms with Gasteiger partial charge in [-0.15, -0.1) is 0 Å². The minimum Gasteiger partial charge on any atom is -0.496 e. The summed E-state index contributed by atoms with van der Waals surface area (Å²) in [6.45, 7) is 3.48. The van der Waals surface area contributed by atoms with Gasteiger partial charge >= 0.3 is 5.97 Å². The van der Waals surface area contributed by atoms with Crippen molar-refractivity contribution in [1.82, 2.24) is 4.90 Å². The summed E-state index contributed by atoms with van der Waals surface area (Å²) < 4.78 is 5.34. The molecule has 1 N–H and O–H groups in total. The Bertz CT molecular complexity index is 447. The third-order valence-corrected chi connectivity index (χ3v) is 3.86. The molecule has 0 aliphatic carbocycles. The Morgan fingerprint density at radius 1 is 1.47 bits per heavy atom. The van der Waals surface area contributed by atoms with Gasteiger partial charge in [-0.25, -0.2) is 0 Å². The number of carboxylic acids is 1. The van der Waals surface area contributed by atoms with E-state index < -0.39 is 12.0 Å². The van der Waals surface area contributed by atoms with Crippen molar-refractivity contribution in [3.05, 3.63) is 29.8 Å². The number of carboxylic acid groups (broad SMARTS) is 1. The molecule has 2 atom stereocenters. The fourth-order valence-corrected chi connectivity index (χ4v) is 2.90. The van der Waals surface area contributed by atoms with Crippen molar-refractivity contribution in [1.29, 1.82) is 0 Å². The minimum absolute atomic E-state index is 0.195. The number of methoxy groups -OCH3 is 1. The standard InChI is InChI=1S/C15H21NO3/c1-11-6-5-9-16(14(11)15(17)18)10-12-7-3-4-8-13(12)19-2/h3-4,7-8,11,14H,5-6,9-10H2,1-2H3,(H,17,18). The molecule has 4 heteroatoms. The molecule has 1 aliphatic rings. The van der Waals surface area contributed by atoms with Gasteiger partial charge in [-0.3, -0.25) is 9.69 Å². The third-order valence-electron chi connectivity index (χ3n) is 3.86. The van der Waals surface area contributed by atoms with Crippen LogP contribution in [-0.4, -0.2) is 35.7 Å². The van der Waals surface area contributed by atoms with Crippen molar-refractivity contribution in [2.45, 2.75) is 32.4 Å². The zero-order valence-corrected chi connectivity index (χ0v) is 11.5. The van der Waals surface area contributed by atoms with Gasteiger partial charge in [0, 0.05) is 12.1 Å². The molecule has 1 aliphatic heterocycles. The lowest BCUT2D eigenvalue weighted by molar-refractivity contribution is -0.147. The number of hydrogen-bond acceptors (Lipinski definition) is 3. The average molecular weight is 263 g/mol. The predicted octanol–water partition coefficient (Wildman–Crippen LogP) is 2.38. The van der Waals surface area contributed by atoms with Gasteiger partial charge in [-0.2, -0.15) is 0 Å². The van der Waals surface area contributed by atoms with Crippen LogP contribution in [0.15, 0.2) is 24.3 Å². The van der Waals surface area contributed by atoms with E-state index in [-0.39, 0.29) is 5.92 Å². The van der Waals surface area contributed by atoms with Crippen molar-refractivity contribution < 1.29 is 14.6 Å². The molecule has 0 saturated carbocycles. The van der Waals surface area contributed by atoms with Gasteiger partial charge in [-0.05, 0) is 31.4 Å². The first-order chi connectivity index (χ1) is 9.13. The number of piperidine rings is 1. The number of ether oxygens (including phenoxy) is 1. The van der Waals surface area contributed by atoms with Crippen molar-refractivity contribution in [2.24, 2.45) is 5.92 Å². The Balaban J connectivity index is 2.18. The maximum absolute atomic E-state index is 11.4. The lowest BCUT2D eigenvalue weighted by atomic mass is 9.90. The van der Waals surface area contributed by atoms with E-state index in [1.807, 2.05) is 36.1 Å². The highest BCUT2D eigenvalue weighted by Gasteiger charge is 2.34. The van der Waals surface area contributed by atoms with Crippen LogP contribution in [0, 0.1) is 5.92 Å². The molecule has 1 fully saturated rings. The van der Waals surface area contributed by atoms with E-state index in [9.17, 15) is 9.90 Å². The van der Waals surface area contributed by atoms with Crippen LogP contribution in [0.25, 0.3) is 0 Å². The van der Waals surface area contributed by atoms with Gasteiger partial charge in [0.15, 0.2) is 0 Å². The molecule has 0 bridgehead atoms. The summed E-state index contributed by atoms with van der Waals surface area (Å²) in [4.78, 5) is 13.5. The molecule has 1 aromatic rings. The summed E-state index contributed by atoms with van der Waals surface area (Å²) in [6.07, 6.45) is 2.04. The molecule has 0 spiro atoms. The molecular weight excluding hydrogens is 242 g/mol. The predicted molar refractivity (Wildman–Crippen MR) is 73.2 cm³/mol. The van der Waals surface area contributed by atoms with Gasteiger partial charge in [0.1, 0.15) is 11.8 Å². The highest BCUT2D eigenvalue weighted by atomic mass is 16.5. The minimum atomic E-state index is -0.720. The summed E-state index contributed by atoms with van der Waals surface area (Å²) >= 11 is 0. The molecular formula is C15H21NO3. The van der Waals surface area contributed by atoms with E-state index in [1.54, 1.807) is 7.11 Å². The Morgan fingerprint density at radius 3 is 2.89 bits per heavy atom. The Hall–Kier alpha value is -1.55. The average Bonchev–Trinajstić information content (AvgIpc) is 2.39. The van der Waals surface area contributed by atoms with Crippen LogP contribution in [0.2, 0.25) is 0 Å². The number of para-hydroxylation sites is 1. The first-order valence-corrected chi connectivity index (χ1v) is 6.72. The van der Waals surface area contributed by atoms with E-state index in [4.69, 9.17) is 4.74 Å². The molecule has 0 radical (unpaired) electrons. The molecule has 0 aromatic heterocycles. The smallest absolute Gasteiger partial charge is 0.321 e. The van der Waals surface area contributed by atoms with Crippen molar-refractivity contribution in [3.63, 3.8) is 0 Å². The van der Waals surface area contributed by atoms with Gasteiger partial charge < -0.3 is 9.84 Å². The zero-order chi connectivity index (χ0) is 13.8. The summed E-state index contributed by atoms with van der Waals surface area (Å²) in [5, 5.41) is 9.41. The monoisotopic (exact) mass is 263 g/mol. The second kappa shape index (κ2) is 6.06. The van der Waals surface area contributed by atoms with Crippen LogP contribution in [0.3, 0.4) is 0 Å². The van der Waals surface area contributed by atoms with E-state index in [1.165, 1.54) is 0 Å². The van der Waals surface area contributed by atoms with Crippen LogP contribution < -0.4 is 4.74 Å². The lowest BCUT2D eigenvalue weighted by Crippen LogP contribution is -2.48. The topological polar surface area (TPSA) is 49.8 Å². The second-order valence-electron chi connectivity index (χ2n) is 5.18. The Kier molecular flexibility index (Phi) is 4.43. The first-order valence-electron chi connectivity index (χ1n) is 6.72. The number of aliphatic carboxylic acids is 1. The van der Waals surface area contributed by atoms with Gasteiger partial charge in [0.25, 0.3) is 0 Å². The lowest BCUT2D eigenvalue weighted by Gasteiger charge is -2.37. The molecule has 2 unspecified atom stereocenters. The number of rotatable bonds is 4. The molecule has 19 heavy (non-hydrogen) atoms. The zero-order valence-electron chi connectivity index (χ0n) is 11.5. The summed E-state index contributed by atoms with van der Waals surface area (Å²) in [5.41, 5.74) is 1.05. The Labute approximate surface area is 114 Å². The van der Waals surface area contributed by atoms with Crippen LogP contribution >= 0.6 is 0 Å². The summed E-state index contributed by atoms with van der Waals surface area (Å²) in [7, 11) is 1.65. The quantitative estimate of drug-likeness (QED) is 0.906. The van der Waals surface area contributed by atoms with Gasteiger partial charge in [-0.1, -0.05) is 25.1 Å². The number of hydrogen-bond donors (Lipinski definition) is 1. The van der Waals surface area contributed by atoms with E-state index in [0.29, 0.717) is 6.54 Å². The van der Waals surface area contributed by atoms with Crippen LogP contribution in [0.4, 0.5) is 0 Å². The molecule has 1 saturated heterocycles. The van der Waals surface area contributed by atoms with Crippen LogP contribution in [0.5, 0.6) is 5.75 Å². The molecule has 0 amide bonds. The second-order valence-corrected chi connectivity index (χ2v) is 5.18. The largest absolute Gasteiger partial charge is 0.496 e. The third kappa shape index (κ3) is 3.07. The fraction of sp³-hybridized carbons (Fsp3) is 0.533. The molecule has 1 heterocycles. The molecule has 4 nitrogen and oxygen atoms in total. The van der Waals surface area contributed by atoms with Crippen molar-refractivity contribution >= 4 is 5.97 Å².